The topological polar surface area (TPSA) is 15.7 Å². The van der Waals surface area contributed by atoms with Gasteiger partial charge in [-0.05, 0) is 60.5 Å². The summed E-state index contributed by atoms with van der Waals surface area (Å²) in [6.45, 7) is 15.1. The van der Waals surface area contributed by atoms with Crippen molar-refractivity contribution in [3.05, 3.63) is 0 Å². The first-order valence-corrected chi connectivity index (χ1v) is 9.16. The highest BCUT2D eigenvalue weighted by Crippen LogP contribution is 2.54. The molecule has 0 N–H and O–H groups in total. The van der Waals surface area contributed by atoms with Crippen LogP contribution in [0.2, 0.25) is 0 Å². The Morgan fingerprint density at radius 3 is 1.89 bits per heavy atom. The van der Waals surface area contributed by atoms with Crippen molar-refractivity contribution in [3.63, 3.8) is 0 Å². The van der Waals surface area contributed by atoms with Gasteiger partial charge in [-0.25, -0.2) is 0 Å². The molecular weight excluding hydrogens is 255 g/mol. The van der Waals surface area contributed by atoms with Crippen molar-refractivity contribution in [2.45, 2.75) is 78.6 Å². The molecule has 0 aromatic carbocycles. The number of hydrogen-bond acceptors (Lipinski definition) is 3. The normalized spacial score (nSPS) is 30.5. The molecule has 0 spiro atoms. The molecule has 0 bridgehead atoms. The summed E-state index contributed by atoms with van der Waals surface area (Å²) >= 11 is 0. The molecule has 2 unspecified atom stereocenters. The van der Waals surface area contributed by atoms with Crippen LogP contribution in [-0.4, -0.2) is 53.4 Å². The summed E-state index contributed by atoms with van der Waals surface area (Å²) < 4.78 is 10.8. The number of nitrogens with zero attached hydrogens (tertiary/aromatic N) is 2. The van der Waals surface area contributed by atoms with E-state index in [2.05, 4.69) is 50.9 Å². The maximum absolute atomic E-state index is 5.25. The number of rotatable bonds is 6. The van der Waals surface area contributed by atoms with Crippen LogP contribution in [-0.2, 0) is 4.74 Å². The molecule has 1 saturated heterocycles. The van der Waals surface area contributed by atoms with E-state index in [-0.39, 0.29) is 8.22 Å². The Labute approximate surface area is 121 Å². The second-order valence-electron chi connectivity index (χ2n) is 6.32. The van der Waals surface area contributed by atoms with E-state index in [1.165, 1.54) is 19.0 Å². The van der Waals surface area contributed by atoms with Gasteiger partial charge < -0.3 is 4.74 Å². The lowest BCUT2D eigenvalue weighted by molar-refractivity contribution is 0.160. The predicted octanol–water partition coefficient (Wildman–Crippen LogP) is 3.94. The van der Waals surface area contributed by atoms with E-state index in [1.54, 1.807) is 7.11 Å². The van der Waals surface area contributed by atoms with Gasteiger partial charge in [0, 0.05) is 46.1 Å². The van der Waals surface area contributed by atoms with Gasteiger partial charge in [-0.15, -0.1) is 0 Å². The van der Waals surface area contributed by atoms with Gasteiger partial charge in [0.15, 0.2) is 0 Å². The van der Waals surface area contributed by atoms with E-state index >= 15 is 0 Å². The molecule has 0 aromatic heterocycles. The molecule has 4 heteroatoms. The van der Waals surface area contributed by atoms with Gasteiger partial charge in [-0.2, -0.15) is 0 Å². The molecular formula is C15H33N2OP. The molecule has 2 atom stereocenters. The summed E-state index contributed by atoms with van der Waals surface area (Å²) in [7, 11) is 1.62. The smallest absolute Gasteiger partial charge is 0.0466 e. The summed E-state index contributed by atoms with van der Waals surface area (Å²) in [5, 5.41) is 0. The first kappa shape index (κ1) is 17.4. The highest BCUT2D eigenvalue weighted by Gasteiger charge is 2.39. The molecule has 0 radical (unpaired) electrons. The van der Waals surface area contributed by atoms with Crippen molar-refractivity contribution in [1.29, 1.82) is 0 Å². The van der Waals surface area contributed by atoms with Crippen LogP contribution < -0.4 is 0 Å². The van der Waals surface area contributed by atoms with Crippen LogP contribution in [0.3, 0.4) is 0 Å². The fourth-order valence-electron chi connectivity index (χ4n) is 3.42. The zero-order valence-corrected chi connectivity index (χ0v) is 14.8. The SMILES string of the molecule is COCCCP1N(C(C)C)C(C)CC(C)N1C(C)C. The lowest BCUT2D eigenvalue weighted by Crippen LogP contribution is -2.51. The van der Waals surface area contributed by atoms with Crippen LogP contribution in [0.25, 0.3) is 0 Å². The minimum Gasteiger partial charge on any atom is -0.385 e. The van der Waals surface area contributed by atoms with Crippen LogP contribution in [0.1, 0.15) is 54.4 Å². The monoisotopic (exact) mass is 288 g/mol. The molecule has 3 nitrogen and oxygen atoms in total. The minimum atomic E-state index is -0.181. The minimum absolute atomic E-state index is 0.181. The molecule has 0 saturated carbocycles. The molecule has 1 aliphatic heterocycles. The van der Waals surface area contributed by atoms with Crippen molar-refractivity contribution < 1.29 is 4.74 Å². The number of hydrogen-bond donors (Lipinski definition) is 0. The summed E-state index contributed by atoms with van der Waals surface area (Å²) in [6.07, 6.45) is 3.74. The van der Waals surface area contributed by atoms with Gasteiger partial charge in [-0.3, -0.25) is 9.34 Å². The zero-order chi connectivity index (χ0) is 14.6. The van der Waals surface area contributed by atoms with Gasteiger partial charge in [0.25, 0.3) is 0 Å². The van der Waals surface area contributed by atoms with Gasteiger partial charge in [-0.1, -0.05) is 0 Å². The second kappa shape index (κ2) is 7.93. The van der Waals surface area contributed by atoms with Crippen LogP contribution in [0.5, 0.6) is 0 Å². The Bertz CT molecular complexity index is 241. The third-order valence-electron chi connectivity index (χ3n) is 3.88. The molecule has 0 aromatic rings. The largest absolute Gasteiger partial charge is 0.385 e. The van der Waals surface area contributed by atoms with Gasteiger partial charge in [0.2, 0.25) is 0 Å². The Morgan fingerprint density at radius 1 is 1.05 bits per heavy atom. The fourth-order valence-corrected chi connectivity index (χ4v) is 6.69. The van der Waals surface area contributed by atoms with E-state index in [1.807, 2.05) is 0 Å². The van der Waals surface area contributed by atoms with E-state index < -0.39 is 0 Å². The van der Waals surface area contributed by atoms with E-state index in [9.17, 15) is 0 Å². The van der Waals surface area contributed by atoms with E-state index in [4.69, 9.17) is 4.74 Å². The summed E-state index contributed by atoms with van der Waals surface area (Å²) in [4.78, 5) is 0. The maximum atomic E-state index is 5.25. The lowest BCUT2D eigenvalue weighted by Gasteiger charge is -2.53. The Kier molecular flexibility index (Phi) is 7.24. The van der Waals surface area contributed by atoms with Crippen molar-refractivity contribution in [1.82, 2.24) is 9.34 Å². The Hall–Kier alpha value is 0.310. The predicted molar refractivity (Wildman–Crippen MR) is 85.8 cm³/mol. The quantitative estimate of drug-likeness (QED) is 0.544. The van der Waals surface area contributed by atoms with Crippen LogP contribution in [0.15, 0.2) is 0 Å². The standard InChI is InChI=1S/C15H33N2OP/c1-12(2)16-14(5)11-15(6)17(13(3)4)19(16)10-8-9-18-7/h12-15H,8-11H2,1-7H3. The summed E-state index contributed by atoms with van der Waals surface area (Å²) in [6, 6.07) is 2.69. The van der Waals surface area contributed by atoms with Crippen molar-refractivity contribution in [2.24, 2.45) is 0 Å². The second-order valence-corrected chi connectivity index (χ2v) is 8.44. The first-order valence-electron chi connectivity index (χ1n) is 7.73. The summed E-state index contributed by atoms with van der Waals surface area (Å²) in [5.41, 5.74) is 0. The number of methoxy groups -OCH3 is 1. The molecule has 0 aliphatic carbocycles. The third kappa shape index (κ3) is 4.39. The average Bonchev–Trinajstić information content (AvgIpc) is 2.27. The molecule has 1 heterocycles. The maximum Gasteiger partial charge on any atom is 0.0466 e. The summed E-state index contributed by atoms with van der Waals surface area (Å²) in [5.74, 6) is 0. The highest BCUT2D eigenvalue weighted by atomic mass is 31.1. The third-order valence-corrected chi connectivity index (χ3v) is 7.38. The number of ether oxygens (including phenoxy) is 1. The highest BCUT2D eigenvalue weighted by molar-refractivity contribution is 7.52. The van der Waals surface area contributed by atoms with Gasteiger partial charge in [0.1, 0.15) is 0 Å². The zero-order valence-electron chi connectivity index (χ0n) is 13.9. The van der Waals surface area contributed by atoms with Crippen LogP contribution in [0, 0.1) is 0 Å². The van der Waals surface area contributed by atoms with Gasteiger partial charge in [0.05, 0.1) is 0 Å². The lowest BCUT2D eigenvalue weighted by atomic mass is 10.1. The van der Waals surface area contributed by atoms with E-state index in [0.717, 1.165) is 6.61 Å². The van der Waals surface area contributed by atoms with Crippen LogP contribution in [0.4, 0.5) is 0 Å². The molecule has 1 fully saturated rings. The fraction of sp³-hybridized carbons (Fsp3) is 1.00. The molecule has 1 aliphatic rings. The van der Waals surface area contributed by atoms with Crippen molar-refractivity contribution in [2.75, 3.05) is 19.9 Å². The van der Waals surface area contributed by atoms with E-state index in [0.29, 0.717) is 24.2 Å². The Morgan fingerprint density at radius 2 is 1.53 bits per heavy atom. The molecule has 0 amide bonds. The van der Waals surface area contributed by atoms with Crippen molar-refractivity contribution in [3.8, 4) is 0 Å². The van der Waals surface area contributed by atoms with Crippen LogP contribution >= 0.6 is 8.22 Å². The van der Waals surface area contributed by atoms with Crippen molar-refractivity contribution >= 4 is 8.22 Å². The Balaban J connectivity index is 2.86. The molecule has 1 rings (SSSR count). The average molecular weight is 288 g/mol. The molecule has 19 heavy (non-hydrogen) atoms. The first-order chi connectivity index (χ1) is 8.90. The molecule has 114 valence electrons. The van der Waals surface area contributed by atoms with Gasteiger partial charge >= 0.3 is 0 Å².